The van der Waals surface area contributed by atoms with Gasteiger partial charge >= 0.3 is 0 Å². The van der Waals surface area contributed by atoms with Gasteiger partial charge < -0.3 is 10.6 Å². The van der Waals surface area contributed by atoms with Crippen molar-refractivity contribution >= 4 is 17.2 Å². The molecule has 1 amide bonds. The summed E-state index contributed by atoms with van der Waals surface area (Å²) in [5.41, 5.74) is 1.13. The summed E-state index contributed by atoms with van der Waals surface area (Å²) >= 11 is 1.68. The van der Waals surface area contributed by atoms with Crippen molar-refractivity contribution in [1.29, 1.82) is 0 Å². The van der Waals surface area contributed by atoms with Crippen LogP contribution in [0.2, 0.25) is 0 Å². The highest BCUT2D eigenvalue weighted by Gasteiger charge is 2.31. The third kappa shape index (κ3) is 3.17. The molecule has 4 heteroatoms. The Morgan fingerprint density at radius 3 is 2.71 bits per heavy atom. The lowest BCUT2D eigenvalue weighted by Crippen LogP contribution is -2.38. The molecule has 2 N–H and O–H groups in total. The first-order valence-corrected chi connectivity index (χ1v) is 8.26. The van der Waals surface area contributed by atoms with E-state index in [4.69, 9.17) is 0 Å². The molecule has 1 aliphatic heterocycles. The maximum atomic E-state index is 12.6. The van der Waals surface area contributed by atoms with Crippen LogP contribution in [0.4, 0.5) is 0 Å². The van der Waals surface area contributed by atoms with Gasteiger partial charge in [-0.1, -0.05) is 36.4 Å². The van der Waals surface area contributed by atoms with Gasteiger partial charge in [0.15, 0.2) is 0 Å². The fourth-order valence-electron chi connectivity index (χ4n) is 2.89. The standard InChI is InChI=1S/C17H20N2OS/c1-12-14(9-10-18-12)17(20)19-16(15-8-5-11-21-15)13-6-3-2-4-7-13/h2-8,11-12,14,16,18H,9-10H2,1H3,(H,19,20). The topological polar surface area (TPSA) is 41.1 Å². The molecule has 0 aliphatic carbocycles. The van der Waals surface area contributed by atoms with Crippen LogP contribution >= 0.6 is 11.3 Å². The maximum Gasteiger partial charge on any atom is 0.225 e. The Kier molecular flexibility index (Phi) is 4.36. The van der Waals surface area contributed by atoms with Gasteiger partial charge in [-0.2, -0.15) is 0 Å². The fraction of sp³-hybridized carbons (Fsp3) is 0.353. The van der Waals surface area contributed by atoms with Crippen molar-refractivity contribution in [2.45, 2.75) is 25.4 Å². The first-order valence-electron chi connectivity index (χ1n) is 7.38. The highest BCUT2D eigenvalue weighted by Crippen LogP contribution is 2.27. The highest BCUT2D eigenvalue weighted by molar-refractivity contribution is 7.10. The number of benzene rings is 1. The van der Waals surface area contributed by atoms with Crippen molar-refractivity contribution in [2.75, 3.05) is 6.54 Å². The molecule has 3 nitrogen and oxygen atoms in total. The molecule has 0 spiro atoms. The summed E-state index contributed by atoms with van der Waals surface area (Å²) in [5, 5.41) is 8.63. The van der Waals surface area contributed by atoms with Gasteiger partial charge in [0.2, 0.25) is 5.91 Å². The molecule has 1 aromatic carbocycles. The third-order valence-corrected chi connectivity index (χ3v) is 5.05. The normalized spacial score (nSPS) is 22.9. The van der Waals surface area contributed by atoms with Crippen LogP contribution in [0.1, 0.15) is 29.8 Å². The van der Waals surface area contributed by atoms with Crippen LogP contribution in [0.15, 0.2) is 47.8 Å². The molecule has 2 aromatic rings. The smallest absolute Gasteiger partial charge is 0.225 e. The van der Waals surface area contributed by atoms with Crippen LogP contribution in [0.5, 0.6) is 0 Å². The van der Waals surface area contributed by atoms with Crippen molar-refractivity contribution in [2.24, 2.45) is 5.92 Å². The van der Waals surface area contributed by atoms with Crippen LogP contribution < -0.4 is 10.6 Å². The number of nitrogens with one attached hydrogen (secondary N) is 2. The lowest BCUT2D eigenvalue weighted by Gasteiger charge is -2.22. The summed E-state index contributed by atoms with van der Waals surface area (Å²) in [6.45, 7) is 3.01. The number of thiophene rings is 1. The summed E-state index contributed by atoms with van der Waals surface area (Å²) in [5.74, 6) is 0.214. The molecule has 3 atom stereocenters. The zero-order valence-electron chi connectivity index (χ0n) is 12.1. The van der Waals surface area contributed by atoms with Crippen molar-refractivity contribution < 1.29 is 4.79 Å². The Hall–Kier alpha value is -1.65. The van der Waals surface area contributed by atoms with Crippen molar-refractivity contribution in [3.8, 4) is 0 Å². The van der Waals surface area contributed by atoms with E-state index < -0.39 is 0 Å². The quantitative estimate of drug-likeness (QED) is 0.911. The van der Waals surface area contributed by atoms with Crippen molar-refractivity contribution in [1.82, 2.24) is 10.6 Å². The maximum absolute atomic E-state index is 12.6. The van der Waals surface area contributed by atoms with Gasteiger partial charge in [-0.3, -0.25) is 4.79 Å². The first-order chi connectivity index (χ1) is 10.3. The van der Waals surface area contributed by atoms with Crippen molar-refractivity contribution in [3.05, 3.63) is 58.3 Å². The molecule has 3 rings (SSSR count). The summed E-state index contributed by atoms with van der Waals surface area (Å²) in [6.07, 6.45) is 0.916. The fourth-order valence-corrected chi connectivity index (χ4v) is 3.69. The van der Waals surface area contributed by atoms with E-state index in [9.17, 15) is 4.79 Å². The monoisotopic (exact) mass is 300 g/mol. The van der Waals surface area contributed by atoms with E-state index in [-0.39, 0.29) is 23.9 Å². The minimum Gasteiger partial charge on any atom is -0.344 e. The summed E-state index contributed by atoms with van der Waals surface area (Å²) in [6, 6.07) is 14.5. The lowest BCUT2D eigenvalue weighted by molar-refractivity contribution is -0.125. The SMILES string of the molecule is CC1NCCC1C(=O)NC(c1ccccc1)c1cccs1. The van der Waals surface area contributed by atoms with E-state index >= 15 is 0 Å². The van der Waals surface area contributed by atoms with Gasteiger partial charge in [0.25, 0.3) is 0 Å². The molecule has 1 saturated heterocycles. The van der Waals surface area contributed by atoms with E-state index in [0.717, 1.165) is 18.5 Å². The lowest BCUT2D eigenvalue weighted by atomic mass is 9.99. The molecular weight excluding hydrogens is 280 g/mol. The highest BCUT2D eigenvalue weighted by atomic mass is 32.1. The van der Waals surface area contributed by atoms with Gasteiger partial charge in [0.05, 0.1) is 12.0 Å². The molecule has 2 heterocycles. The molecular formula is C17H20N2OS. The van der Waals surface area contributed by atoms with Crippen LogP contribution in [0, 0.1) is 5.92 Å². The Morgan fingerprint density at radius 2 is 2.10 bits per heavy atom. The molecule has 1 aromatic heterocycles. The molecule has 0 saturated carbocycles. The second-order valence-electron chi connectivity index (χ2n) is 5.51. The van der Waals surface area contributed by atoms with Gasteiger partial charge in [0.1, 0.15) is 0 Å². The number of hydrogen-bond donors (Lipinski definition) is 2. The predicted octanol–water partition coefficient (Wildman–Crippen LogP) is 2.95. The summed E-state index contributed by atoms with van der Waals surface area (Å²) in [7, 11) is 0. The van der Waals surface area contributed by atoms with Crippen molar-refractivity contribution in [3.63, 3.8) is 0 Å². The van der Waals surface area contributed by atoms with E-state index in [1.54, 1.807) is 11.3 Å². The van der Waals surface area contributed by atoms with Gasteiger partial charge in [-0.15, -0.1) is 11.3 Å². The number of amides is 1. The first kappa shape index (κ1) is 14.3. The number of carbonyl (C=O) groups excluding carboxylic acids is 1. The van der Waals surface area contributed by atoms with E-state index in [1.807, 2.05) is 24.3 Å². The van der Waals surface area contributed by atoms with Crippen LogP contribution in [-0.4, -0.2) is 18.5 Å². The second kappa shape index (κ2) is 6.41. The molecule has 1 aliphatic rings. The van der Waals surface area contributed by atoms with Gasteiger partial charge in [-0.05, 0) is 36.9 Å². The van der Waals surface area contributed by atoms with E-state index in [0.29, 0.717) is 0 Å². The summed E-state index contributed by atoms with van der Waals surface area (Å²) < 4.78 is 0. The van der Waals surface area contributed by atoms with Crippen LogP contribution in [-0.2, 0) is 4.79 Å². The second-order valence-corrected chi connectivity index (χ2v) is 6.48. The van der Waals surface area contributed by atoms with Gasteiger partial charge in [0, 0.05) is 10.9 Å². The zero-order valence-corrected chi connectivity index (χ0v) is 12.9. The van der Waals surface area contributed by atoms with Gasteiger partial charge in [-0.25, -0.2) is 0 Å². The minimum atomic E-state index is -0.0495. The average Bonchev–Trinajstić information content (AvgIpc) is 3.17. The Morgan fingerprint density at radius 1 is 1.29 bits per heavy atom. The summed E-state index contributed by atoms with van der Waals surface area (Å²) in [4.78, 5) is 13.8. The third-order valence-electron chi connectivity index (χ3n) is 4.11. The minimum absolute atomic E-state index is 0.0495. The largest absolute Gasteiger partial charge is 0.344 e. The number of carbonyl (C=O) groups is 1. The Balaban J connectivity index is 1.82. The molecule has 3 unspecified atom stereocenters. The Labute approximate surface area is 129 Å². The molecule has 1 fully saturated rings. The van der Waals surface area contributed by atoms with Crippen LogP contribution in [0.3, 0.4) is 0 Å². The molecule has 0 bridgehead atoms. The molecule has 110 valence electrons. The van der Waals surface area contributed by atoms with E-state index in [1.165, 1.54) is 4.88 Å². The number of hydrogen-bond acceptors (Lipinski definition) is 3. The number of rotatable bonds is 4. The zero-order chi connectivity index (χ0) is 14.7. The molecule has 21 heavy (non-hydrogen) atoms. The molecule has 0 radical (unpaired) electrons. The van der Waals surface area contributed by atoms with E-state index in [2.05, 4.69) is 41.1 Å². The Bertz CT molecular complexity index is 582. The van der Waals surface area contributed by atoms with Crippen LogP contribution in [0.25, 0.3) is 0 Å². The average molecular weight is 300 g/mol. The predicted molar refractivity (Wildman–Crippen MR) is 86.3 cm³/mol.